The highest BCUT2D eigenvalue weighted by atomic mass is 35.7. The zero-order chi connectivity index (χ0) is 14.2. The first-order valence-corrected chi connectivity index (χ1v) is 7.80. The van der Waals surface area contributed by atoms with Crippen molar-refractivity contribution in [1.29, 1.82) is 0 Å². The fourth-order valence-electron chi connectivity index (χ4n) is 1.76. The summed E-state index contributed by atoms with van der Waals surface area (Å²) in [5, 5.41) is 6.88. The zero-order valence-corrected chi connectivity index (χ0v) is 11.8. The largest absolute Gasteiger partial charge is 0.297 e. The smallest absolute Gasteiger partial charge is 0.296 e. The number of hydrogen-bond donors (Lipinski definition) is 0. The van der Waals surface area contributed by atoms with Crippen LogP contribution in [0.25, 0.3) is 11.4 Å². The van der Waals surface area contributed by atoms with Crippen LogP contribution in [0.4, 0.5) is 4.39 Å². The van der Waals surface area contributed by atoms with Crippen molar-refractivity contribution in [2.24, 2.45) is 0 Å². The summed E-state index contributed by atoms with van der Waals surface area (Å²) in [6, 6.07) is 4.50. The van der Waals surface area contributed by atoms with Crippen LogP contribution in [0.5, 0.6) is 0 Å². The number of halogens is 2. The summed E-state index contributed by atoms with van der Waals surface area (Å²) in [6.45, 7) is 3.76. The van der Waals surface area contributed by atoms with Gasteiger partial charge < -0.3 is 0 Å². The maximum Gasteiger partial charge on any atom is 0.296 e. The van der Waals surface area contributed by atoms with Crippen molar-refractivity contribution in [2.45, 2.75) is 25.5 Å². The van der Waals surface area contributed by atoms with Crippen molar-refractivity contribution >= 4 is 19.7 Å². The first-order valence-electron chi connectivity index (χ1n) is 5.49. The molecule has 0 fully saturated rings. The van der Waals surface area contributed by atoms with E-state index in [1.165, 1.54) is 10.6 Å². The van der Waals surface area contributed by atoms with Gasteiger partial charge in [-0.05, 0) is 26.0 Å². The van der Waals surface area contributed by atoms with E-state index < -0.39 is 14.9 Å². The van der Waals surface area contributed by atoms with Gasteiger partial charge in [0.25, 0.3) is 14.2 Å². The van der Waals surface area contributed by atoms with Crippen LogP contribution in [-0.2, 0) is 15.6 Å². The Hall–Kier alpha value is -1.47. The van der Waals surface area contributed by atoms with Crippen LogP contribution in [0.3, 0.4) is 0 Å². The summed E-state index contributed by atoms with van der Waals surface area (Å²) in [5.74, 6) is -0.353. The number of rotatable bonds is 3. The quantitative estimate of drug-likeness (QED) is 0.816. The average Bonchev–Trinajstić information content (AvgIpc) is 2.75. The molecule has 0 amide bonds. The Bertz CT molecular complexity index is 728. The minimum Gasteiger partial charge on any atom is -0.297 e. The second kappa shape index (κ2) is 4.90. The lowest BCUT2D eigenvalue weighted by atomic mass is 10.1. The summed E-state index contributed by atoms with van der Waals surface area (Å²) in [7, 11) is 1.25. The van der Waals surface area contributed by atoms with Gasteiger partial charge in [-0.25, -0.2) is 12.8 Å². The van der Waals surface area contributed by atoms with Gasteiger partial charge in [0.05, 0.1) is 5.56 Å². The summed E-state index contributed by atoms with van der Waals surface area (Å²) < 4.78 is 37.8. The molecule has 0 aliphatic rings. The third-order valence-corrected chi connectivity index (χ3v) is 3.77. The van der Waals surface area contributed by atoms with Crippen molar-refractivity contribution in [3.63, 3.8) is 0 Å². The number of hydrogen-bond acceptors (Lipinski definition) is 4. The Kier molecular flexibility index (Phi) is 3.60. The van der Waals surface area contributed by atoms with Crippen molar-refractivity contribution in [2.75, 3.05) is 0 Å². The molecule has 0 saturated heterocycles. The highest BCUT2D eigenvalue weighted by Crippen LogP contribution is 2.25. The van der Waals surface area contributed by atoms with E-state index in [9.17, 15) is 12.8 Å². The minimum absolute atomic E-state index is 0.142. The second-order valence-corrected chi connectivity index (χ2v) is 6.43. The van der Waals surface area contributed by atoms with Crippen LogP contribution in [0.2, 0.25) is 0 Å². The molecule has 8 heteroatoms. The van der Waals surface area contributed by atoms with E-state index in [0.29, 0.717) is 0 Å². The molecule has 0 N–H and O–H groups in total. The second-order valence-electron chi connectivity index (χ2n) is 3.97. The lowest BCUT2D eigenvalue weighted by Gasteiger charge is -2.07. The molecule has 0 spiro atoms. The van der Waals surface area contributed by atoms with Crippen LogP contribution >= 0.6 is 10.7 Å². The Morgan fingerprint density at radius 3 is 2.63 bits per heavy atom. The maximum absolute atomic E-state index is 13.8. The fourth-order valence-corrected chi connectivity index (χ4v) is 2.72. The van der Waals surface area contributed by atoms with Gasteiger partial charge in [-0.1, -0.05) is 11.6 Å². The van der Waals surface area contributed by atoms with Gasteiger partial charge in [0.15, 0.2) is 5.82 Å². The number of nitrogens with zero attached hydrogens (tertiary/aromatic N) is 3. The summed E-state index contributed by atoms with van der Waals surface area (Å²) in [6.07, 6.45) is 0. The first-order chi connectivity index (χ1) is 8.84. The molecule has 2 rings (SSSR count). The third-order valence-electron chi connectivity index (χ3n) is 2.61. The van der Waals surface area contributed by atoms with Gasteiger partial charge in [0, 0.05) is 17.2 Å². The average molecular weight is 304 g/mol. The van der Waals surface area contributed by atoms with Crippen LogP contribution < -0.4 is 0 Å². The molecule has 0 atom stereocenters. The van der Waals surface area contributed by atoms with Crippen LogP contribution in [0.1, 0.15) is 12.5 Å². The Balaban J connectivity index is 2.70. The fraction of sp³-hybridized carbons (Fsp3) is 0.273. The Morgan fingerprint density at radius 1 is 1.37 bits per heavy atom. The molecule has 5 nitrogen and oxygen atoms in total. The minimum atomic E-state index is -4.02. The maximum atomic E-state index is 13.8. The monoisotopic (exact) mass is 303 g/mol. The predicted molar refractivity (Wildman–Crippen MR) is 68.9 cm³/mol. The molecule has 0 aliphatic carbocycles. The number of aromatic nitrogens is 3. The standard InChI is InChI=1S/C11H11ClFN3O2S/c1-3-16-10(14-15-11(16)19(12,17)18)8-6-7(2)4-5-9(8)13/h4-6H,3H2,1-2H3. The topological polar surface area (TPSA) is 64.8 Å². The zero-order valence-electron chi connectivity index (χ0n) is 10.3. The molecule has 0 aliphatic heterocycles. The Labute approximate surface area is 114 Å². The van der Waals surface area contributed by atoms with E-state index in [4.69, 9.17) is 10.7 Å². The van der Waals surface area contributed by atoms with Gasteiger partial charge in [-0.15, -0.1) is 10.2 Å². The van der Waals surface area contributed by atoms with Crippen molar-refractivity contribution in [1.82, 2.24) is 14.8 Å². The van der Waals surface area contributed by atoms with E-state index in [2.05, 4.69) is 10.2 Å². The summed E-state index contributed by atoms with van der Waals surface area (Å²) in [5.41, 5.74) is 1.03. The van der Waals surface area contributed by atoms with Crippen LogP contribution in [0, 0.1) is 12.7 Å². The third kappa shape index (κ3) is 2.62. The van der Waals surface area contributed by atoms with Gasteiger partial charge in [-0.2, -0.15) is 0 Å². The molecular weight excluding hydrogens is 293 g/mol. The molecule has 0 radical (unpaired) electrons. The van der Waals surface area contributed by atoms with E-state index in [1.807, 2.05) is 0 Å². The van der Waals surface area contributed by atoms with Gasteiger partial charge in [-0.3, -0.25) is 4.57 Å². The molecule has 2 aromatic rings. The van der Waals surface area contributed by atoms with Crippen molar-refractivity contribution in [3.8, 4) is 11.4 Å². The lowest BCUT2D eigenvalue weighted by Crippen LogP contribution is -2.06. The van der Waals surface area contributed by atoms with Crippen LogP contribution in [0.15, 0.2) is 23.4 Å². The Morgan fingerprint density at radius 2 is 2.05 bits per heavy atom. The molecule has 0 unspecified atom stereocenters. The molecule has 1 heterocycles. The highest BCUT2D eigenvalue weighted by molar-refractivity contribution is 8.13. The molecule has 1 aromatic heterocycles. The molecule has 102 valence electrons. The van der Waals surface area contributed by atoms with E-state index in [1.54, 1.807) is 26.0 Å². The van der Waals surface area contributed by atoms with Gasteiger partial charge in [0.2, 0.25) is 0 Å². The van der Waals surface area contributed by atoms with Crippen molar-refractivity contribution < 1.29 is 12.8 Å². The van der Waals surface area contributed by atoms with Gasteiger partial charge in [0.1, 0.15) is 5.82 Å². The molecule has 19 heavy (non-hydrogen) atoms. The summed E-state index contributed by atoms with van der Waals surface area (Å²) in [4.78, 5) is 0. The van der Waals surface area contributed by atoms with E-state index >= 15 is 0 Å². The SMILES string of the molecule is CCn1c(-c2cc(C)ccc2F)nnc1S(=O)(=O)Cl. The first kappa shape index (κ1) is 14.0. The molecular formula is C11H11ClFN3O2S. The predicted octanol–water partition coefficient (Wildman–Crippen LogP) is 2.34. The molecule has 0 bridgehead atoms. The van der Waals surface area contributed by atoms with E-state index in [-0.39, 0.29) is 23.1 Å². The van der Waals surface area contributed by atoms with Crippen LogP contribution in [-0.4, -0.2) is 23.2 Å². The molecule has 0 saturated carbocycles. The normalized spacial score (nSPS) is 11.8. The lowest BCUT2D eigenvalue weighted by molar-refractivity contribution is 0.581. The summed E-state index contributed by atoms with van der Waals surface area (Å²) >= 11 is 0. The molecule has 1 aromatic carbocycles. The van der Waals surface area contributed by atoms with E-state index in [0.717, 1.165) is 5.56 Å². The highest BCUT2D eigenvalue weighted by Gasteiger charge is 2.23. The number of benzene rings is 1. The van der Waals surface area contributed by atoms with Crippen molar-refractivity contribution in [3.05, 3.63) is 29.6 Å². The number of aryl methyl sites for hydroxylation is 1. The van der Waals surface area contributed by atoms with Gasteiger partial charge >= 0.3 is 0 Å².